The van der Waals surface area contributed by atoms with Crippen LogP contribution in [-0.2, 0) is 19.5 Å². The molecule has 1 unspecified atom stereocenters. The van der Waals surface area contributed by atoms with Gasteiger partial charge < -0.3 is 14.8 Å². The van der Waals surface area contributed by atoms with Gasteiger partial charge in [-0.25, -0.2) is 13.1 Å². The van der Waals surface area contributed by atoms with Crippen molar-refractivity contribution in [1.29, 1.82) is 0 Å². The van der Waals surface area contributed by atoms with Crippen LogP contribution in [0.3, 0.4) is 0 Å². The number of sulfonamides is 1. The Balaban J connectivity index is 0.00000324. The Morgan fingerprint density at radius 1 is 1.42 bits per heavy atom. The van der Waals surface area contributed by atoms with Crippen LogP contribution in [0.25, 0.3) is 0 Å². The monoisotopic (exact) mass is 316 g/mol. The highest BCUT2D eigenvalue weighted by molar-refractivity contribution is 7.89. The molecule has 19 heavy (non-hydrogen) atoms. The average Bonchev–Trinajstić information content (AvgIpc) is 2.77. The molecular weight excluding hydrogens is 292 g/mol. The van der Waals surface area contributed by atoms with Crippen LogP contribution in [0.4, 0.5) is 0 Å². The van der Waals surface area contributed by atoms with Crippen LogP contribution in [0.15, 0.2) is 0 Å². The molecule has 1 heterocycles. The fourth-order valence-corrected chi connectivity index (χ4v) is 3.08. The first kappa shape index (κ1) is 19.1. The van der Waals surface area contributed by atoms with Gasteiger partial charge in [0.15, 0.2) is 0 Å². The van der Waals surface area contributed by atoms with Crippen molar-refractivity contribution in [3.05, 3.63) is 0 Å². The number of nitrogens with one attached hydrogen (secondary N) is 2. The lowest BCUT2D eigenvalue weighted by molar-refractivity contribution is 0.122. The Bertz CT molecular complexity index is 332. The van der Waals surface area contributed by atoms with Crippen molar-refractivity contribution in [3.8, 4) is 0 Å². The minimum absolute atomic E-state index is 0. The summed E-state index contributed by atoms with van der Waals surface area (Å²) in [5.74, 6) is 0.00387. The van der Waals surface area contributed by atoms with E-state index in [4.69, 9.17) is 9.47 Å². The number of rotatable bonds is 9. The Labute approximate surface area is 122 Å². The smallest absolute Gasteiger partial charge is 0.213 e. The Hall–Kier alpha value is 0.0800. The molecule has 1 fully saturated rings. The first-order valence-electron chi connectivity index (χ1n) is 6.33. The number of hydrogen-bond acceptors (Lipinski definition) is 5. The van der Waals surface area contributed by atoms with Crippen molar-refractivity contribution >= 4 is 22.4 Å². The molecule has 1 aliphatic heterocycles. The van der Waals surface area contributed by atoms with Crippen molar-refractivity contribution in [2.45, 2.75) is 25.3 Å². The highest BCUT2D eigenvalue weighted by Gasteiger charge is 2.34. The first-order chi connectivity index (χ1) is 8.54. The third-order valence-electron chi connectivity index (χ3n) is 3.08. The number of methoxy groups -OCH3 is 1. The zero-order valence-corrected chi connectivity index (χ0v) is 13.2. The van der Waals surface area contributed by atoms with E-state index >= 15 is 0 Å². The maximum atomic E-state index is 11.7. The molecule has 0 aliphatic carbocycles. The van der Waals surface area contributed by atoms with Crippen LogP contribution in [0.2, 0.25) is 0 Å². The van der Waals surface area contributed by atoms with Gasteiger partial charge in [-0.1, -0.05) is 0 Å². The fourth-order valence-electron chi connectivity index (χ4n) is 2.10. The predicted octanol–water partition coefficient (Wildman–Crippen LogP) is 0.133. The lowest BCUT2D eigenvalue weighted by Gasteiger charge is -2.28. The molecule has 1 saturated heterocycles. The topological polar surface area (TPSA) is 76.7 Å². The normalized spacial score (nSPS) is 23.3. The molecule has 0 aromatic rings. The quantitative estimate of drug-likeness (QED) is 0.591. The first-order valence-corrected chi connectivity index (χ1v) is 7.98. The summed E-state index contributed by atoms with van der Waals surface area (Å²) in [6.07, 6.45) is 1.97. The van der Waals surface area contributed by atoms with Gasteiger partial charge in [-0.15, -0.1) is 12.4 Å². The van der Waals surface area contributed by atoms with Gasteiger partial charge in [-0.2, -0.15) is 0 Å². The summed E-state index contributed by atoms with van der Waals surface area (Å²) in [7, 11) is -1.64. The van der Waals surface area contributed by atoms with Crippen molar-refractivity contribution in [2.75, 3.05) is 45.8 Å². The number of halogens is 1. The highest BCUT2D eigenvalue weighted by atomic mass is 35.5. The summed E-state index contributed by atoms with van der Waals surface area (Å²) in [4.78, 5) is 0. The van der Waals surface area contributed by atoms with Gasteiger partial charge in [-0.05, 0) is 26.3 Å². The Morgan fingerprint density at radius 3 is 2.68 bits per heavy atom. The molecule has 116 valence electrons. The van der Waals surface area contributed by atoms with E-state index in [9.17, 15) is 8.42 Å². The van der Waals surface area contributed by atoms with E-state index in [1.165, 1.54) is 0 Å². The molecule has 8 heteroatoms. The minimum atomic E-state index is -3.27. The van der Waals surface area contributed by atoms with Crippen molar-refractivity contribution in [2.24, 2.45) is 0 Å². The van der Waals surface area contributed by atoms with Crippen LogP contribution in [0, 0.1) is 0 Å². The highest BCUT2D eigenvalue weighted by Crippen LogP contribution is 2.19. The molecule has 0 spiro atoms. The lowest BCUT2D eigenvalue weighted by atomic mass is 9.99. The number of hydrogen-bond donors (Lipinski definition) is 2. The molecule has 6 nitrogen and oxygen atoms in total. The van der Waals surface area contributed by atoms with E-state index in [-0.39, 0.29) is 30.3 Å². The standard InChI is InChI=1S/C11H24N2O4S.ClH/c1-3-17-7-8-18(14,15)13-9-11(10-16-2)5-4-6-12-11;/h12-13H,3-10H2,1-2H3;1H. The van der Waals surface area contributed by atoms with Crippen LogP contribution in [0.1, 0.15) is 19.8 Å². The Kier molecular flexibility index (Phi) is 9.13. The summed E-state index contributed by atoms with van der Waals surface area (Å²) in [6.45, 7) is 4.40. The van der Waals surface area contributed by atoms with Gasteiger partial charge in [-0.3, -0.25) is 0 Å². The van der Waals surface area contributed by atoms with Crippen molar-refractivity contribution < 1.29 is 17.9 Å². The molecule has 0 aromatic carbocycles. The molecule has 2 N–H and O–H groups in total. The molecule has 1 aliphatic rings. The minimum Gasteiger partial charge on any atom is -0.383 e. The van der Waals surface area contributed by atoms with Crippen molar-refractivity contribution in [3.63, 3.8) is 0 Å². The second-order valence-electron chi connectivity index (χ2n) is 4.58. The number of ether oxygens (including phenoxy) is 2. The molecule has 1 atom stereocenters. The van der Waals surface area contributed by atoms with Crippen LogP contribution < -0.4 is 10.0 Å². The van der Waals surface area contributed by atoms with Gasteiger partial charge in [0.2, 0.25) is 10.0 Å². The van der Waals surface area contributed by atoms with E-state index in [1.54, 1.807) is 7.11 Å². The van der Waals surface area contributed by atoms with E-state index in [2.05, 4.69) is 10.0 Å². The summed E-state index contributed by atoms with van der Waals surface area (Å²) >= 11 is 0. The van der Waals surface area contributed by atoms with Crippen LogP contribution in [-0.4, -0.2) is 59.7 Å². The average molecular weight is 317 g/mol. The van der Waals surface area contributed by atoms with Crippen LogP contribution >= 0.6 is 12.4 Å². The van der Waals surface area contributed by atoms with Gasteiger partial charge >= 0.3 is 0 Å². The van der Waals surface area contributed by atoms with Gasteiger partial charge in [0, 0.05) is 20.3 Å². The zero-order valence-electron chi connectivity index (χ0n) is 11.6. The second-order valence-corrected chi connectivity index (χ2v) is 6.51. The SMILES string of the molecule is CCOCCS(=O)(=O)NCC1(COC)CCCN1.Cl. The maximum Gasteiger partial charge on any atom is 0.213 e. The van der Waals surface area contributed by atoms with Gasteiger partial charge in [0.05, 0.1) is 24.5 Å². The predicted molar refractivity (Wildman–Crippen MR) is 77.4 cm³/mol. The summed E-state index contributed by atoms with van der Waals surface area (Å²) in [5, 5.41) is 3.33. The summed E-state index contributed by atoms with van der Waals surface area (Å²) < 4.78 is 36.4. The maximum absolute atomic E-state index is 11.7. The zero-order chi connectivity index (χ0) is 13.5. The molecule has 0 aromatic heterocycles. The lowest BCUT2D eigenvalue weighted by Crippen LogP contribution is -2.53. The summed E-state index contributed by atoms with van der Waals surface area (Å²) in [6, 6.07) is 0. The fraction of sp³-hybridized carbons (Fsp3) is 1.00. The van der Waals surface area contributed by atoms with E-state index in [0.717, 1.165) is 19.4 Å². The summed E-state index contributed by atoms with van der Waals surface area (Å²) in [5.41, 5.74) is -0.257. The third kappa shape index (κ3) is 6.87. The molecule has 0 amide bonds. The Morgan fingerprint density at radius 2 is 2.16 bits per heavy atom. The van der Waals surface area contributed by atoms with E-state index in [1.807, 2.05) is 6.92 Å². The second kappa shape index (κ2) is 9.10. The largest absolute Gasteiger partial charge is 0.383 e. The molecule has 1 rings (SSSR count). The van der Waals surface area contributed by atoms with E-state index < -0.39 is 10.0 Å². The van der Waals surface area contributed by atoms with Crippen molar-refractivity contribution in [1.82, 2.24) is 10.0 Å². The molecule has 0 saturated carbocycles. The van der Waals surface area contributed by atoms with E-state index in [0.29, 0.717) is 19.8 Å². The van der Waals surface area contributed by atoms with Gasteiger partial charge in [0.1, 0.15) is 0 Å². The molecular formula is C11H25ClN2O4S. The van der Waals surface area contributed by atoms with Crippen LogP contribution in [0.5, 0.6) is 0 Å². The molecule has 0 radical (unpaired) electrons. The van der Waals surface area contributed by atoms with Gasteiger partial charge in [0.25, 0.3) is 0 Å². The molecule has 0 bridgehead atoms. The third-order valence-corrected chi connectivity index (χ3v) is 4.37.